The molecule has 0 rings (SSSR count). The quantitative estimate of drug-likeness (QED) is 0.536. The molecule has 14 heavy (non-hydrogen) atoms. The van der Waals surface area contributed by atoms with Gasteiger partial charge in [0.1, 0.15) is 0 Å². The lowest BCUT2D eigenvalue weighted by Crippen LogP contribution is -2.39. The predicted molar refractivity (Wildman–Crippen MR) is 55.2 cm³/mol. The van der Waals surface area contributed by atoms with Crippen LogP contribution in [0.2, 0.25) is 0 Å². The summed E-state index contributed by atoms with van der Waals surface area (Å²) in [4.78, 5) is 10.2. The van der Waals surface area contributed by atoms with Gasteiger partial charge in [-0.1, -0.05) is 13.8 Å². The standard InChI is InChI=1S/C10H21NO3/c1-8(2)6-10(3,14)7-11-5-4-9(12)13/h8,11,14H,4-7H2,1-3H3,(H,12,13). The van der Waals surface area contributed by atoms with E-state index in [1.807, 2.05) is 13.8 Å². The van der Waals surface area contributed by atoms with Crippen molar-refractivity contribution < 1.29 is 15.0 Å². The van der Waals surface area contributed by atoms with Gasteiger partial charge in [0.05, 0.1) is 12.0 Å². The van der Waals surface area contributed by atoms with Gasteiger partial charge in [0.25, 0.3) is 0 Å². The molecule has 0 spiro atoms. The summed E-state index contributed by atoms with van der Waals surface area (Å²) < 4.78 is 0. The Labute approximate surface area is 85.3 Å². The van der Waals surface area contributed by atoms with Gasteiger partial charge < -0.3 is 15.5 Å². The number of aliphatic hydroxyl groups is 1. The van der Waals surface area contributed by atoms with Crippen LogP contribution >= 0.6 is 0 Å². The molecule has 0 aromatic heterocycles. The van der Waals surface area contributed by atoms with E-state index in [0.717, 1.165) is 0 Å². The Bertz CT molecular complexity index is 178. The molecule has 3 N–H and O–H groups in total. The Kier molecular flexibility index (Phi) is 5.72. The maximum atomic E-state index is 10.2. The molecule has 0 bridgehead atoms. The van der Waals surface area contributed by atoms with Crippen LogP contribution in [0.5, 0.6) is 0 Å². The molecular formula is C10H21NO3. The molecule has 0 heterocycles. The number of hydrogen-bond acceptors (Lipinski definition) is 3. The smallest absolute Gasteiger partial charge is 0.304 e. The number of carboxylic acid groups (broad SMARTS) is 1. The summed E-state index contributed by atoms with van der Waals surface area (Å²) in [6.45, 7) is 6.71. The van der Waals surface area contributed by atoms with Gasteiger partial charge in [-0.3, -0.25) is 4.79 Å². The average molecular weight is 203 g/mol. The highest BCUT2D eigenvalue weighted by molar-refractivity contribution is 5.66. The van der Waals surface area contributed by atoms with Crippen LogP contribution in [0, 0.1) is 5.92 Å². The Morgan fingerprint density at radius 2 is 2.07 bits per heavy atom. The summed E-state index contributed by atoms with van der Waals surface area (Å²) >= 11 is 0. The molecule has 0 aromatic rings. The first-order valence-electron chi connectivity index (χ1n) is 4.98. The first kappa shape index (κ1) is 13.4. The lowest BCUT2D eigenvalue weighted by Gasteiger charge is -2.25. The van der Waals surface area contributed by atoms with Crippen LogP contribution in [-0.4, -0.2) is 34.9 Å². The van der Waals surface area contributed by atoms with Crippen molar-refractivity contribution in [3.8, 4) is 0 Å². The average Bonchev–Trinajstić information content (AvgIpc) is 1.95. The van der Waals surface area contributed by atoms with Crippen LogP contribution in [0.4, 0.5) is 0 Å². The molecule has 1 atom stereocenters. The van der Waals surface area contributed by atoms with Crippen LogP contribution in [0.15, 0.2) is 0 Å². The SMILES string of the molecule is CC(C)CC(C)(O)CNCCC(=O)O. The summed E-state index contributed by atoms with van der Waals surface area (Å²) in [6, 6.07) is 0. The summed E-state index contributed by atoms with van der Waals surface area (Å²) in [5.41, 5.74) is -0.743. The van der Waals surface area contributed by atoms with Gasteiger partial charge >= 0.3 is 5.97 Å². The highest BCUT2D eigenvalue weighted by Gasteiger charge is 2.20. The number of hydrogen-bond donors (Lipinski definition) is 3. The van der Waals surface area contributed by atoms with E-state index >= 15 is 0 Å². The van der Waals surface area contributed by atoms with E-state index in [1.165, 1.54) is 0 Å². The first-order chi connectivity index (χ1) is 6.33. The van der Waals surface area contributed by atoms with E-state index in [2.05, 4.69) is 5.32 Å². The highest BCUT2D eigenvalue weighted by atomic mass is 16.4. The molecule has 0 radical (unpaired) electrons. The summed E-state index contributed by atoms with van der Waals surface area (Å²) in [5, 5.41) is 21.2. The van der Waals surface area contributed by atoms with Gasteiger partial charge in [-0.15, -0.1) is 0 Å². The first-order valence-corrected chi connectivity index (χ1v) is 4.98. The Morgan fingerprint density at radius 1 is 1.50 bits per heavy atom. The van der Waals surface area contributed by atoms with Crippen molar-refractivity contribution in [1.29, 1.82) is 0 Å². The summed E-state index contributed by atoms with van der Waals surface area (Å²) in [5.74, 6) is -0.382. The topological polar surface area (TPSA) is 69.6 Å². The van der Waals surface area contributed by atoms with Crippen molar-refractivity contribution in [1.82, 2.24) is 5.32 Å². The molecule has 0 aliphatic carbocycles. The molecule has 84 valence electrons. The molecule has 1 unspecified atom stereocenters. The van der Waals surface area contributed by atoms with E-state index in [9.17, 15) is 9.90 Å². The molecule has 4 nitrogen and oxygen atoms in total. The van der Waals surface area contributed by atoms with Crippen LogP contribution in [0.25, 0.3) is 0 Å². The monoisotopic (exact) mass is 203 g/mol. The number of carbonyl (C=O) groups is 1. The number of rotatable bonds is 7. The second kappa shape index (κ2) is 5.98. The fraction of sp³-hybridized carbons (Fsp3) is 0.900. The van der Waals surface area contributed by atoms with Crippen molar-refractivity contribution in [2.45, 2.75) is 39.2 Å². The minimum Gasteiger partial charge on any atom is -0.481 e. The predicted octanol–water partition coefficient (Wildman–Crippen LogP) is 0.848. The van der Waals surface area contributed by atoms with Crippen LogP contribution in [-0.2, 0) is 4.79 Å². The van der Waals surface area contributed by atoms with Crippen LogP contribution in [0.1, 0.15) is 33.6 Å². The lowest BCUT2D eigenvalue weighted by atomic mass is 9.94. The Hall–Kier alpha value is -0.610. The zero-order valence-electron chi connectivity index (χ0n) is 9.21. The van der Waals surface area contributed by atoms with E-state index in [-0.39, 0.29) is 6.42 Å². The van der Waals surface area contributed by atoms with Crippen LogP contribution in [0.3, 0.4) is 0 Å². The fourth-order valence-electron chi connectivity index (χ4n) is 1.50. The minimum atomic E-state index is -0.819. The molecule has 0 aromatic carbocycles. The number of nitrogens with one attached hydrogen (secondary N) is 1. The molecule has 0 amide bonds. The third-order valence-corrected chi connectivity index (χ3v) is 1.87. The number of aliphatic carboxylic acids is 1. The minimum absolute atomic E-state index is 0.0950. The van der Waals surface area contributed by atoms with Crippen molar-refractivity contribution in [2.24, 2.45) is 5.92 Å². The fourth-order valence-corrected chi connectivity index (χ4v) is 1.50. The van der Waals surface area contributed by atoms with Crippen molar-refractivity contribution >= 4 is 5.97 Å². The van der Waals surface area contributed by atoms with Crippen molar-refractivity contribution in [3.63, 3.8) is 0 Å². The molecule has 0 saturated carbocycles. The number of carboxylic acids is 1. The maximum absolute atomic E-state index is 10.2. The molecular weight excluding hydrogens is 182 g/mol. The molecule has 0 fully saturated rings. The van der Waals surface area contributed by atoms with Crippen LogP contribution < -0.4 is 5.32 Å². The van der Waals surface area contributed by atoms with Gasteiger partial charge in [-0.25, -0.2) is 0 Å². The van der Waals surface area contributed by atoms with Gasteiger partial charge in [0.2, 0.25) is 0 Å². The van der Waals surface area contributed by atoms with Gasteiger partial charge in [-0.2, -0.15) is 0 Å². The third-order valence-electron chi connectivity index (χ3n) is 1.87. The van der Waals surface area contributed by atoms with Gasteiger partial charge in [0.15, 0.2) is 0 Å². The van der Waals surface area contributed by atoms with Crippen molar-refractivity contribution in [2.75, 3.05) is 13.1 Å². The molecule has 4 heteroatoms. The van der Waals surface area contributed by atoms with E-state index < -0.39 is 11.6 Å². The lowest BCUT2D eigenvalue weighted by molar-refractivity contribution is -0.136. The zero-order valence-corrected chi connectivity index (χ0v) is 9.21. The van der Waals surface area contributed by atoms with Gasteiger partial charge in [0, 0.05) is 13.1 Å². The van der Waals surface area contributed by atoms with Gasteiger partial charge in [-0.05, 0) is 19.3 Å². The summed E-state index contributed by atoms with van der Waals surface area (Å²) in [7, 11) is 0. The Balaban J connectivity index is 3.60. The van der Waals surface area contributed by atoms with E-state index in [0.29, 0.717) is 25.4 Å². The largest absolute Gasteiger partial charge is 0.481 e. The maximum Gasteiger partial charge on any atom is 0.304 e. The van der Waals surface area contributed by atoms with E-state index in [4.69, 9.17) is 5.11 Å². The Morgan fingerprint density at radius 3 is 2.50 bits per heavy atom. The molecule has 0 aliphatic heterocycles. The molecule has 0 aliphatic rings. The third kappa shape index (κ3) is 8.01. The summed E-state index contributed by atoms with van der Waals surface area (Å²) in [6.07, 6.45) is 0.810. The zero-order chi connectivity index (χ0) is 11.2. The second-order valence-corrected chi connectivity index (χ2v) is 4.42. The highest BCUT2D eigenvalue weighted by Crippen LogP contribution is 2.14. The molecule has 0 saturated heterocycles. The van der Waals surface area contributed by atoms with Crippen molar-refractivity contribution in [3.05, 3.63) is 0 Å². The van der Waals surface area contributed by atoms with E-state index in [1.54, 1.807) is 6.92 Å². The second-order valence-electron chi connectivity index (χ2n) is 4.42. The normalized spacial score (nSPS) is 15.5.